The van der Waals surface area contributed by atoms with Gasteiger partial charge in [-0.05, 0) is 68.6 Å². The third-order valence-corrected chi connectivity index (χ3v) is 13.1. The van der Waals surface area contributed by atoms with Crippen molar-refractivity contribution in [3.8, 4) is 0 Å². The van der Waals surface area contributed by atoms with Gasteiger partial charge < -0.3 is 33.2 Å². The van der Waals surface area contributed by atoms with Crippen LogP contribution in [-0.2, 0) is 33.2 Å². The van der Waals surface area contributed by atoms with Crippen LogP contribution in [0.5, 0.6) is 0 Å². The van der Waals surface area contributed by atoms with Gasteiger partial charge in [0.25, 0.3) is 0 Å². The maximum Gasteiger partial charge on any atom is 0.171 e. The molecule has 0 saturated carbocycles. The molecule has 7 aliphatic heterocycles. The lowest BCUT2D eigenvalue weighted by Crippen LogP contribution is -2.62. The summed E-state index contributed by atoms with van der Waals surface area (Å²) in [5.74, 6) is 1.80. The minimum Gasteiger partial charge on any atom is -0.375 e. The van der Waals surface area contributed by atoms with E-state index in [1.54, 1.807) is 0 Å². The fraction of sp³-hybridized carbons (Fsp3) is 1.00. The van der Waals surface area contributed by atoms with Crippen molar-refractivity contribution in [3.63, 3.8) is 0 Å². The molecule has 0 aromatic rings. The number of fused-ring (bicyclic) bond motifs is 5. The van der Waals surface area contributed by atoms with E-state index in [0.29, 0.717) is 29.6 Å². The van der Waals surface area contributed by atoms with Crippen LogP contribution in [0.1, 0.15) is 99.8 Å². The topological polar surface area (TPSA) is 64.6 Å². The molecule has 7 rings (SSSR count). The highest BCUT2D eigenvalue weighted by molar-refractivity contribution is 5.05. The molecule has 17 atom stereocenters. The second-order valence-corrected chi connectivity index (χ2v) is 15.5. The summed E-state index contributed by atoms with van der Waals surface area (Å²) >= 11 is 0. The zero-order chi connectivity index (χ0) is 28.7. The Morgan fingerprint density at radius 1 is 0.610 bits per heavy atom. The van der Waals surface area contributed by atoms with Gasteiger partial charge in [-0.2, -0.15) is 0 Å². The standard InChI is InChI=1S/C34H56O7/c1-18-14-24-25(37-26-17-29-33(7,40-27(26)15-18)19(2)10-8-12-35-29)16-28-30(38-24)20(3)21(4)32-31(39-28)22(5)23(6)34(41-32)11-9-13-36-34/h18-32H,8-17H2,1-7H3/t18-,19-,20+,21+,22+,23+,24+,25-,26+,27-,28+,29-,30-,31-,32+,33+,34?/m1/s1. The van der Waals surface area contributed by atoms with Crippen LogP contribution in [0.4, 0.5) is 0 Å². The Hall–Kier alpha value is -0.280. The van der Waals surface area contributed by atoms with Gasteiger partial charge in [0.05, 0.1) is 67.1 Å². The first-order valence-electron chi connectivity index (χ1n) is 17.2. The van der Waals surface area contributed by atoms with Gasteiger partial charge in [-0.25, -0.2) is 0 Å². The summed E-state index contributed by atoms with van der Waals surface area (Å²) in [6, 6.07) is 0. The highest BCUT2D eigenvalue weighted by Crippen LogP contribution is 2.52. The quantitative estimate of drug-likeness (QED) is 0.355. The van der Waals surface area contributed by atoms with Crippen LogP contribution < -0.4 is 0 Å². The molecule has 41 heavy (non-hydrogen) atoms. The Balaban J connectivity index is 1.13. The van der Waals surface area contributed by atoms with E-state index in [4.69, 9.17) is 33.2 Å². The van der Waals surface area contributed by atoms with Crippen molar-refractivity contribution in [1.29, 1.82) is 0 Å². The summed E-state index contributed by atoms with van der Waals surface area (Å²) < 4.78 is 48.0. The van der Waals surface area contributed by atoms with E-state index in [1.165, 1.54) is 0 Å². The molecule has 0 aliphatic carbocycles. The second-order valence-electron chi connectivity index (χ2n) is 15.5. The van der Waals surface area contributed by atoms with Gasteiger partial charge in [0, 0.05) is 31.8 Å². The van der Waals surface area contributed by atoms with Crippen LogP contribution in [0.25, 0.3) is 0 Å². The Morgan fingerprint density at radius 3 is 2.10 bits per heavy atom. The van der Waals surface area contributed by atoms with E-state index >= 15 is 0 Å². The average Bonchev–Trinajstić information content (AvgIpc) is 3.32. The molecular weight excluding hydrogens is 520 g/mol. The van der Waals surface area contributed by atoms with Gasteiger partial charge in [-0.3, -0.25) is 0 Å². The smallest absolute Gasteiger partial charge is 0.171 e. The normalized spacial score (nSPS) is 59.3. The molecule has 7 nitrogen and oxygen atoms in total. The van der Waals surface area contributed by atoms with Crippen molar-refractivity contribution < 1.29 is 33.2 Å². The van der Waals surface area contributed by atoms with Crippen LogP contribution in [0.15, 0.2) is 0 Å². The molecule has 0 aromatic heterocycles. The number of hydrogen-bond acceptors (Lipinski definition) is 7. The van der Waals surface area contributed by atoms with E-state index in [-0.39, 0.29) is 66.5 Å². The third kappa shape index (κ3) is 4.87. The molecule has 0 radical (unpaired) electrons. The van der Waals surface area contributed by atoms with Gasteiger partial charge >= 0.3 is 0 Å². The summed E-state index contributed by atoms with van der Waals surface area (Å²) in [7, 11) is 0. The van der Waals surface area contributed by atoms with Crippen molar-refractivity contribution in [1.82, 2.24) is 0 Å². The van der Waals surface area contributed by atoms with Crippen LogP contribution in [0, 0.1) is 35.5 Å². The van der Waals surface area contributed by atoms with Gasteiger partial charge in [-0.1, -0.05) is 41.5 Å². The van der Waals surface area contributed by atoms with Crippen LogP contribution in [0.2, 0.25) is 0 Å². The lowest BCUT2D eigenvalue weighted by molar-refractivity contribution is -0.335. The highest BCUT2D eigenvalue weighted by Gasteiger charge is 2.60. The average molecular weight is 577 g/mol. The molecule has 1 spiro atoms. The fourth-order valence-electron chi connectivity index (χ4n) is 9.82. The molecule has 234 valence electrons. The Kier molecular flexibility index (Phi) is 7.87. The molecule has 7 heterocycles. The molecule has 0 bridgehead atoms. The molecule has 0 amide bonds. The number of ether oxygens (including phenoxy) is 7. The van der Waals surface area contributed by atoms with E-state index < -0.39 is 5.79 Å². The van der Waals surface area contributed by atoms with E-state index in [1.807, 2.05) is 0 Å². The monoisotopic (exact) mass is 576 g/mol. The zero-order valence-electron chi connectivity index (χ0n) is 26.6. The molecular formula is C34H56O7. The fourth-order valence-corrected chi connectivity index (χ4v) is 9.82. The largest absolute Gasteiger partial charge is 0.375 e. The lowest BCUT2D eigenvalue weighted by Gasteiger charge is -2.53. The highest BCUT2D eigenvalue weighted by atomic mass is 16.7. The number of rotatable bonds is 0. The summed E-state index contributed by atoms with van der Waals surface area (Å²) in [5, 5.41) is 0. The predicted molar refractivity (Wildman–Crippen MR) is 154 cm³/mol. The van der Waals surface area contributed by atoms with Crippen molar-refractivity contribution in [2.45, 2.75) is 166 Å². The molecule has 1 unspecified atom stereocenters. The van der Waals surface area contributed by atoms with Crippen LogP contribution in [0.3, 0.4) is 0 Å². The van der Waals surface area contributed by atoms with Gasteiger partial charge in [0.15, 0.2) is 5.79 Å². The summed E-state index contributed by atoms with van der Waals surface area (Å²) in [5.41, 5.74) is -0.243. The molecule has 7 fully saturated rings. The molecule has 7 aliphatic rings. The maximum absolute atomic E-state index is 7.12. The van der Waals surface area contributed by atoms with Crippen LogP contribution >= 0.6 is 0 Å². The Bertz CT molecular complexity index is 938. The van der Waals surface area contributed by atoms with Gasteiger partial charge in [0.2, 0.25) is 0 Å². The Morgan fingerprint density at radius 2 is 1.32 bits per heavy atom. The SMILES string of the molecule is C[C@@H]1C[C@@H]2O[C@@H]3[C@@H](C)[C@H](C)[C@@H]4OC5(CCCO5)[C@@H](C)[C@H](C)[C@H]4O[C@H]3C[C@H]2O[C@H]2C[C@H]3OCCC[C@@H](C)[C@]3(C)O[C@@H]2C1. The first kappa shape index (κ1) is 29.4. The minimum absolute atomic E-state index is 0.00222. The first-order valence-corrected chi connectivity index (χ1v) is 17.2. The third-order valence-electron chi connectivity index (χ3n) is 13.1. The van der Waals surface area contributed by atoms with Crippen molar-refractivity contribution in [2.24, 2.45) is 35.5 Å². The molecule has 0 aromatic carbocycles. The van der Waals surface area contributed by atoms with E-state index in [0.717, 1.165) is 64.6 Å². The molecule has 0 N–H and O–H groups in total. The number of hydrogen-bond donors (Lipinski definition) is 0. The lowest BCUT2D eigenvalue weighted by atomic mass is 9.73. The Labute approximate surface area is 248 Å². The summed E-state index contributed by atoms with van der Waals surface area (Å²) in [6.45, 7) is 18.0. The first-order chi connectivity index (χ1) is 19.6. The summed E-state index contributed by atoms with van der Waals surface area (Å²) in [6.07, 6.45) is 8.48. The zero-order valence-corrected chi connectivity index (χ0v) is 26.6. The van der Waals surface area contributed by atoms with E-state index in [9.17, 15) is 0 Å². The van der Waals surface area contributed by atoms with Gasteiger partial charge in [0.1, 0.15) is 0 Å². The minimum atomic E-state index is -0.460. The molecule has 7 heteroatoms. The van der Waals surface area contributed by atoms with Crippen molar-refractivity contribution >= 4 is 0 Å². The van der Waals surface area contributed by atoms with Gasteiger partial charge in [-0.15, -0.1) is 0 Å². The van der Waals surface area contributed by atoms with E-state index in [2.05, 4.69) is 48.5 Å². The van der Waals surface area contributed by atoms with Crippen LogP contribution in [-0.4, -0.2) is 79.5 Å². The predicted octanol–water partition coefficient (Wildman–Crippen LogP) is 5.91. The van der Waals surface area contributed by atoms with Crippen molar-refractivity contribution in [2.75, 3.05) is 13.2 Å². The maximum atomic E-state index is 7.12. The summed E-state index contributed by atoms with van der Waals surface area (Å²) in [4.78, 5) is 0. The van der Waals surface area contributed by atoms with Crippen molar-refractivity contribution in [3.05, 3.63) is 0 Å². The molecule has 7 saturated heterocycles. The second kappa shape index (κ2) is 11.0.